The summed E-state index contributed by atoms with van der Waals surface area (Å²) in [6.07, 6.45) is 1.58. The van der Waals surface area contributed by atoms with Crippen molar-refractivity contribution in [3.63, 3.8) is 0 Å². The van der Waals surface area contributed by atoms with E-state index in [4.69, 9.17) is 15.2 Å². The minimum Gasteiger partial charge on any atom is -0.461 e. The van der Waals surface area contributed by atoms with Crippen molar-refractivity contribution in [2.24, 2.45) is 17.1 Å². The Morgan fingerprint density at radius 2 is 1.43 bits per heavy atom. The highest BCUT2D eigenvalue weighted by atomic mass is 16.5. The molecule has 0 aliphatic carbocycles. The third-order valence-corrected chi connectivity index (χ3v) is 8.07. The summed E-state index contributed by atoms with van der Waals surface area (Å²) in [6, 6.07) is 14.1. The predicted octanol–water partition coefficient (Wildman–Crippen LogP) is 3.63. The molecule has 0 radical (unpaired) electrons. The first-order valence-corrected chi connectivity index (χ1v) is 16.3. The molecule has 3 rings (SSSR count). The molecule has 1 heterocycles. The third-order valence-electron chi connectivity index (χ3n) is 8.07. The van der Waals surface area contributed by atoms with Crippen LogP contribution in [0.3, 0.4) is 0 Å². The molecule has 0 bridgehead atoms. The number of likely N-dealkylation sites (tertiary alicyclic amines) is 1. The van der Waals surface area contributed by atoms with Gasteiger partial charge < -0.3 is 30.7 Å². The fourth-order valence-corrected chi connectivity index (χ4v) is 5.24. The third kappa shape index (κ3) is 11.8. The molecule has 1 fully saturated rings. The maximum Gasteiger partial charge on any atom is 0.328 e. The number of hydrogen-bond acceptors (Lipinski definition) is 8. The van der Waals surface area contributed by atoms with E-state index in [1.54, 1.807) is 12.1 Å². The Hall–Kier alpha value is -4.25. The topological polar surface area (TPSA) is 157 Å². The average Bonchev–Trinajstić information content (AvgIpc) is 3.05. The fraction of sp³-hybridized carbons (Fsp3) is 0.528. The van der Waals surface area contributed by atoms with Gasteiger partial charge in [-0.25, -0.2) is 4.79 Å². The van der Waals surface area contributed by atoms with Gasteiger partial charge in [-0.3, -0.25) is 19.2 Å². The monoisotopic (exact) mass is 650 g/mol. The van der Waals surface area contributed by atoms with Gasteiger partial charge in [-0.2, -0.15) is 0 Å². The summed E-state index contributed by atoms with van der Waals surface area (Å²) in [5.74, 6) is -3.00. The molecule has 256 valence electrons. The minimum absolute atomic E-state index is 0.0145. The lowest BCUT2D eigenvalue weighted by atomic mass is 9.85. The van der Waals surface area contributed by atoms with Gasteiger partial charge in [0, 0.05) is 6.54 Å². The van der Waals surface area contributed by atoms with Gasteiger partial charge in [-0.15, -0.1) is 0 Å². The van der Waals surface area contributed by atoms with Gasteiger partial charge in [0.1, 0.15) is 31.3 Å². The van der Waals surface area contributed by atoms with Gasteiger partial charge in [0.2, 0.25) is 17.7 Å². The van der Waals surface area contributed by atoms with Gasteiger partial charge in [-0.05, 0) is 48.1 Å². The van der Waals surface area contributed by atoms with E-state index in [0.717, 1.165) is 11.1 Å². The van der Waals surface area contributed by atoms with Crippen LogP contribution in [0.1, 0.15) is 77.8 Å². The number of carbonyl (C=O) groups excluding carboxylic acids is 5. The summed E-state index contributed by atoms with van der Waals surface area (Å²) in [7, 11) is 0. The summed E-state index contributed by atoms with van der Waals surface area (Å²) in [6.45, 7) is 9.73. The molecule has 0 saturated carbocycles. The number of piperidine rings is 1. The largest absolute Gasteiger partial charge is 0.461 e. The first-order valence-electron chi connectivity index (χ1n) is 16.3. The lowest BCUT2D eigenvalue weighted by molar-refractivity contribution is -0.151. The predicted molar refractivity (Wildman–Crippen MR) is 177 cm³/mol. The first kappa shape index (κ1) is 37.2. The Kier molecular flexibility index (Phi) is 13.9. The van der Waals surface area contributed by atoms with Crippen LogP contribution < -0.4 is 16.4 Å². The molecular formula is C36H50N4O7. The highest BCUT2D eigenvalue weighted by molar-refractivity contribution is 5.96. The van der Waals surface area contributed by atoms with Crippen molar-refractivity contribution in [2.45, 2.75) is 104 Å². The zero-order valence-corrected chi connectivity index (χ0v) is 28.2. The highest BCUT2D eigenvalue weighted by Crippen LogP contribution is 2.24. The Morgan fingerprint density at radius 3 is 1.98 bits per heavy atom. The molecule has 47 heavy (non-hydrogen) atoms. The minimum atomic E-state index is -1.38. The SMILES string of the molecule is CC(C)C[C@H](NC(=O)[C@H](CC(=O)OCc1ccccc1)NC(=O)[C@@H]1CCCCN1C(=O)[C@@H](N)C(C)(C)C)C(=O)OCc1ccccc1. The number of ether oxygens (including phenoxy) is 2. The van der Waals surface area contributed by atoms with E-state index < -0.39 is 59.8 Å². The molecule has 3 amide bonds. The van der Waals surface area contributed by atoms with E-state index in [1.807, 2.05) is 83.1 Å². The Labute approximate surface area is 277 Å². The second kappa shape index (κ2) is 17.6. The normalized spacial score (nSPS) is 16.8. The Bertz CT molecular complexity index is 1340. The average molecular weight is 651 g/mol. The van der Waals surface area contributed by atoms with Gasteiger partial charge in [0.05, 0.1) is 12.5 Å². The van der Waals surface area contributed by atoms with Gasteiger partial charge in [-0.1, -0.05) is 95.3 Å². The summed E-state index contributed by atoms with van der Waals surface area (Å²) in [4.78, 5) is 68.5. The number of nitrogens with two attached hydrogens (primary N) is 1. The maximum absolute atomic E-state index is 13.8. The van der Waals surface area contributed by atoms with E-state index in [2.05, 4.69) is 10.6 Å². The molecule has 1 saturated heterocycles. The molecule has 0 unspecified atom stereocenters. The molecular weight excluding hydrogens is 600 g/mol. The maximum atomic E-state index is 13.8. The molecule has 11 heteroatoms. The zero-order chi connectivity index (χ0) is 34.6. The van der Waals surface area contributed by atoms with Crippen LogP contribution in [0.25, 0.3) is 0 Å². The lowest BCUT2D eigenvalue weighted by Crippen LogP contribution is -2.61. The van der Waals surface area contributed by atoms with Gasteiger partial charge >= 0.3 is 11.9 Å². The van der Waals surface area contributed by atoms with E-state index in [9.17, 15) is 24.0 Å². The molecule has 11 nitrogen and oxygen atoms in total. The second-order valence-electron chi connectivity index (χ2n) is 13.6. The molecule has 2 aromatic rings. The number of carbonyl (C=O) groups is 5. The lowest BCUT2D eigenvalue weighted by Gasteiger charge is -2.39. The van der Waals surface area contributed by atoms with Crippen molar-refractivity contribution in [3.05, 3.63) is 71.8 Å². The zero-order valence-electron chi connectivity index (χ0n) is 28.2. The molecule has 4 atom stereocenters. The van der Waals surface area contributed by atoms with Crippen LogP contribution in [-0.4, -0.2) is 65.3 Å². The number of benzene rings is 2. The number of nitrogens with zero attached hydrogens (tertiary/aromatic N) is 1. The molecule has 1 aliphatic heterocycles. The van der Waals surface area contributed by atoms with Crippen LogP contribution in [0.5, 0.6) is 0 Å². The first-order chi connectivity index (χ1) is 22.3. The molecule has 4 N–H and O–H groups in total. The van der Waals surface area contributed by atoms with Crippen molar-refractivity contribution in [2.75, 3.05) is 6.54 Å². The van der Waals surface area contributed by atoms with Crippen LogP contribution in [0.4, 0.5) is 0 Å². The smallest absolute Gasteiger partial charge is 0.328 e. The van der Waals surface area contributed by atoms with Crippen molar-refractivity contribution >= 4 is 29.7 Å². The van der Waals surface area contributed by atoms with Crippen LogP contribution in [0.2, 0.25) is 0 Å². The number of nitrogens with one attached hydrogen (secondary N) is 2. The van der Waals surface area contributed by atoms with E-state index in [1.165, 1.54) is 4.90 Å². The van der Waals surface area contributed by atoms with Crippen LogP contribution in [-0.2, 0) is 46.7 Å². The highest BCUT2D eigenvalue weighted by Gasteiger charge is 2.40. The number of hydrogen-bond donors (Lipinski definition) is 3. The standard InChI is InChI=1S/C36H50N4O7/c1-24(2)20-28(35(45)47-23-26-16-10-7-11-17-26)39-32(42)27(21-30(41)46-22-25-14-8-6-9-15-25)38-33(43)29-18-12-13-19-40(29)34(44)31(37)36(3,4)5/h6-11,14-17,24,27-29,31H,12-13,18-23,37H2,1-5H3,(H,38,43)(H,39,42)/t27-,28-,29-,31+/m0/s1. The van der Waals surface area contributed by atoms with Crippen molar-refractivity contribution in [1.29, 1.82) is 0 Å². The summed E-state index contributed by atoms with van der Waals surface area (Å²) >= 11 is 0. The van der Waals surface area contributed by atoms with Crippen LogP contribution >= 0.6 is 0 Å². The summed E-state index contributed by atoms with van der Waals surface area (Å²) < 4.78 is 10.9. The second-order valence-corrected chi connectivity index (χ2v) is 13.6. The van der Waals surface area contributed by atoms with Crippen molar-refractivity contribution in [3.8, 4) is 0 Å². The quantitative estimate of drug-likeness (QED) is 0.262. The number of rotatable bonds is 14. The van der Waals surface area contributed by atoms with Crippen molar-refractivity contribution in [1.82, 2.24) is 15.5 Å². The Morgan fingerprint density at radius 1 is 0.851 bits per heavy atom. The summed E-state index contributed by atoms with van der Waals surface area (Å²) in [5.41, 5.74) is 7.30. The van der Waals surface area contributed by atoms with Gasteiger partial charge in [0.25, 0.3) is 0 Å². The van der Waals surface area contributed by atoms with E-state index >= 15 is 0 Å². The van der Waals surface area contributed by atoms with Crippen molar-refractivity contribution < 1.29 is 33.4 Å². The number of esters is 2. The van der Waals surface area contributed by atoms with E-state index in [0.29, 0.717) is 25.8 Å². The fourth-order valence-electron chi connectivity index (χ4n) is 5.24. The molecule has 0 spiro atoms. The number of amides is 3. The Balaban J connectivity index is 1.79. The van der Waals surface area contributed by atoms with Crippen LogP contribution in [0, 0.1) is 11.3 Å². The van der Waals surface area contributed by atoms with Gasteiger partial charge in [0.15, 0.2) is 0 Å². The molecule has 2 aromatic carbocycles. The molecule has 0 aromatic heterocycles. The summed E-state index contributed by atoms with van der Waals surface area (Å²) in [5, 5.41) is 5.40. The van der Waals surface area contributed by atoms with E-state index in [-0.39, 0.29) is 31.5 Å². The van der Waals surface area contributed by atoms with Crippen LogP contribution in [0.15, 0.2) is 60.7 Å². The molecule has 1 aliphatic rings.